The maximum Gasteiger partial charge on any atom is 0.397 e. The zero-order valence-corrected chi connectivity index (χ0v) is 15.9. The van der Waals surface area contributed by atoms with Crippen LogP contribution in [0.4, 0.5) is 5.69 Å². The number of carbonyl (C=O) groups is 2. The first kappa shape index (κ1) is 22.0. The number of hydrogen-bond donors (Lipinski definition) is 2. The third-order valence-electron chi connectivity index (χ3n) is 3.10. The molecular weight excluding hydrogens is 390 g/mol. The van der Waals surface area contributed by atoms with Crippen LogP contribution in [0, 0.1) is 6.92 Å². The molecule has 2 N–H and O–H groups in total. The summed E-state index contributed by atoms with van der Waals surface area (Å²) in [6.45, 7) is 1.96. The molecule has 1 aromatic carbocycles. The van der Waals surface area contributed by atoms with Gasteiger partial charge in [-0.2, -0.15) is 8.42 Å². The Morgan fingerprint density at radius 1 is 1.19 bits per heavy atom. The third kappa shape index (κ3) is 6.71. The zero-order valence-electron chi connectivity index (χ0n) is 14.3. The fourth-order valence-corrected chi connectivity index (χ4v) is 3.81. The summed E-state index contributed by atoms with van der Waals surface area (Å²) in [7, 11) is -7.44. The van der Waals surface area contributed by atoms with E-state index in [1.54, 1.807) is 0 Å². The van der Waals surface area contributed by atoms with Gasteiger partial charge in [0.05, 0.1) is 36.5 Å². The highest BCUT2D eigenvalue weighted by molar-refractivity contribution is 7.91. The molecule has 0 bridgehead atoms. The van der Waals surface area contributed by atoms with E-state index >= 15 is 0 Å². The van der Waals surface area contributed by atoms with Crippen molar-refractivity contribution in [2.24, 2.45) is 0 Å². The first-order valence-electron chi connectivity index (χ1n) is 7.18. The summed E-state index contributed by atoms with van der Waals surface area (Å²) in [5.41, 5.74) is 0.445. The molecule has 0 radical (unpaired) electrons. The lowest BCUT2D eigenvalue weighted by Gasteiger charge is -2.14. The van der Waals surface area contributed by atoms with E-state index in [2.05, 4.69) is 9.50 Å². The standard InChI is InChI=1S/C14H19NO9S2/c1-9-6-11(15-14(17)7-10(2)16)12(23-3)8-13(9)25(18,19)5-4-24-26(20,21)22/h6,8H,4-5,7H2,1-3H3,(H,15,17)(H,20,21,22). The predicted molar refractivity (Wildman–Crippen MR) is 91.2 cm³/mol. The van der Waals surface area contributed by atoms with Crippen LogP contribution < -0.4 is 10.1 Å². The number of hydrogen-bond acceptors (Lipinski definition) is 8. The number of ketones is 1. The van der Waals surface area contributed by atoms with Gasteiger partial charge in [-0.3, -0.25) is 14.1 Å². The molecule has 1 amide bonds. The third-order valence-corrected chi connectivity index (χ3v) is 5.38. The Labute approximate surface area is 151 Å². The van der Waals surface area contributed by atoms with Gasteiger partial charge in [-0.05, 0) is 25.5 Å². The molecule has 0 spiro atoms. The van der Waals surface area contributed by atoms with E-state index in [-0.39, 0.29) is 34.1 Å². The molecule has 0 saturated heterocycles. The molecule has 0 aliphatic carbocycles. The molecule has 12 heteroatoms. The van der Waals surface area contributed by atoms with Crippen molar-refractivity contribution in [3.05, 3.63) is 17.7 Å². The van der Waals surface area contributed by atoms with Gasteiger partial charge in [0.1, 0.15) is 11.5 Å². The minimum Gasteiger partial charge on any atom is -0.495 e. The van der Waals surface area contributed by atoms with E-state index in [1.807, 2.05) is 0 Å². The van der Waals surface area contributed by atoms with Gasteiger partial charge in [0, 0.05) is 6.07 Å². The van der Waals surface area contributed by atoms with Crippen LogP contribution in [0.5, 0.6) is 5.75 Å². The smallest absolute Gasteiger partial charge is 0.397 e. The van der Waals surface area contributed by atoms with Gasteiger partial charge < -0.3 is 10.1 Å². The van der Waals surface area contributed by atoms with Gasteiger partial charge in [-0.1, -0.05) is 0 Å². The molecule has 1 rings (SSSR count). The van der Waals surface area contributed by atoms with Gasteiger partial charge in [0.15, 0.2) is 9.84 Å². The monoisotopic (exact) mass is 409 g/mol. The number of anilines is 1. The van der Waals surface area contributed by atoms with E-state index in [0.717, 1.165) is 0 Å². The molecule has 10 nitrogen and oxygen atoms in total. The highest BCUT2D eigenvalue weighted by atomic mass is 32.3. The molecule has 0 aromatic heterocycles. The van der Waals surface area contributed by atoms with Crippen LogP contribution in [0.1, 0.15) is 18.9 Å². The van der Waals surface area contributed by atoms with Crippen LogP contribution in [0.25, 0.3) is 0 Å². The molecular formula is C14H19NO9S2. The quantitative estimate of drug-likeness (QED) is 0.439. The van der Waals surface area contributed by atoms with Crippen LogP contribution in [0.3, 0.4) is 0 Å². The van der Waals surface area contributed by atoms with Crippen LogP contribution in [0.2, 0.25) is 0 Å². The van der Waals surface area contributed by atoms with Crippen molar-refractivity contribution in [2.45, 2.75) is 25.2 Å². The highest BCUT2D eigenvalue weighted by Gasteiger charge is 2.22. The van der Waals surface area contributed by atoms with Crippen molar-refractivity contribution in [3.63, 3.8) is 0 Å². The first-order valence-corrected chi connectivity index (χ1v) is 10.2. The number of ether oxygens (including phenoxy) is 1. The molecule has 0 unspecified atom stereocenters. The summed E-state index contributed by atoms with van der Waals surface area (Å²) >= 11 is 0. The maximum absolute atomic E-state index is 12.3. The maximum atomic E-state index is 12.3. The highest BCUT2D eigenvalue weighted by Crippen LogP contribution is 2.31. The second-order valence-electron chi connectivity index (χ2n) is 5.31. The van der Waals surface area contributed by atoms with E-state index in [4.69, 9.17) is 9.29 Å². The van der Waals surface area contributed by atoms with Crippen molar-refractivity contribution in [2.75, 3.05) is 24.8 Å². The summed E-state index contributed by atoms with van der Waals surface area (Å²) in [4.78, 5) is 22.5. The van der Waals surface area contributed by atoms with E-state index in [0.29, 0.717) is 0 Å². The minimum absolute atomic E-state index is 0.0433. The number of nitrogens with one attached hydrogen (secondary N) is 1. The summed E-state index contributed by atoms with van der Waals surface area (Å²) < 4.78 is 63.3. The number of rotatable bonds is 9. The Morgan fingerprint density at radius 2 is 1.81 bits per heavy atom. The SMILES string of the molecule is COc1cc(S(=O)(=O)CCOS(=O)(=O)O)c(C)cc1NC(=O)CC(C)=O. The Bertz CT molecular complexity index is 905. The number of sulfone groups is 1. The van der Waals surface area contributed by atoms with Crippen molar-refractivity contribution >= 4 is 37.6 Å². The van der Waals surface area contributed by atoms with Crippen LogP contribution in [0.15, 0.2) is 17.0 Å². The number of methoxy groups -OCH3 is 1. The fraction of sp³-hybridized carbons (Fsp3) is 0.429. The van der Waals surface area contributed by atoms with Gasteiger partial charge in [0.2, 0.25) is 5.91 Å². The number of Topliss-reactive ketones (excluding diaryl/α,β-unsaturated/α-hetero) is 1. The molecule has 146 valence electrons. The minimum atomic E-state index is -4.75. The Kier molecular flexibility index (Phi) is 7.26. The van der Waals surface area contributed by atoms with E-state index < -0.39 is 38.5 Å². The topological polar surface area (TPSA) is 153 Å². The van der Waals surface area contributed by atoms with Crippen molar-refractivity contribution in [3.8, 4) is 5.75 Å². The van der Waals surface area contributed by atoms with Gasteiger partial charge in [-0.15, -0.1) is 0 Å². The summed E-state index contributed by atoms with van der Waals surface area (Å²) in [6, 6.07) is 2.52. The number of aryl methyl sites for hydroxylation is 1. The molecule has 0 fully saturated rings. The number of amides is 1. The second-order valence-corrected chi connectivity index (χ2v) is 8.48. The average Bonchev–Trinajstić information content (AvgIpc) is 2.44. The first-order chi connectivity index (χ1) is 11.9. The van der Waals surface area contributed by atoms with Gasteiger partial charge in [-0.25, -0.2) is 12.6 Å². The molecule has 0 aliphatic rings. The summed E-state index contributed by atoms with van der Waals surface area (Å²) in [5.74, 6) is -1.57. The van der Waals surface area contributed by atoms with E-state index in [1.165, 1.54) is 33.1 Å². The normalized spacial score (nSPS) is 11.8. The van der Waals surface area contributed by atoms with Crippen LogP contribution >= 0.6 is 0 Å². The molecule has 0 aliphatic heterocycles. The van der Waals surface area contributed by atoms with E-state index in [9.17, 15) is 26.4 Å². The Morgan fingerprint density at radius 3 is 2.31 bits per heavy atom. The van der Waals surface area contributed by atoms with Crippen LogP contribution in [-0.2, 0) is 34.0 Å². The molecule has 0 saturated carbocycles. The molecule has 26 heavy (non-hydrogen) atoms. The molecule has 1 aromatic rings. The number of benzene rings is 1. The van der Waals surface area contributed by atoms with Gasteiger partial charge >= 0.3 is 10.4 Å². The molecule has 0 atom stereocenters. The lowest BCUT2D eigenvalue weighted by molar-refractivity contribution is -0.124. The van der Waals surface area contributed by atoms with Crippen molar-refractivity contribution < 1.29 is 39.9 Å². The lowest BCUT2D eigenvalue weighted by Crippen LogP contribution is -2.18. The van der Waals surface area contributed by atoms with Crippen molar-refractivity contribution in [1.82, 2.24) is 0 Å². The zero-order chi connectivity index (χ0) is 20.1. The fourth-order valence-electron chi connectivity index (χ4n) is 2.05. The average molecular weight is 409 g/mol. The summed E-state index contributed by atoms with van der Waals surface area (Å²) in [5, 5.41) is 2.46. The Hall–Kier alpha value is -2.02. The van der Waals surface area contributed by atoms with Crippen LogP contribution in [-0.4, -0.2) is 52.5 Å². The largest absolute Gasteiger partial charge is 0.495 e. The Balaban J connectivity index is 3.11. The number of carbonyl (C=O) groups excluding carboxylic acids is 2. The second kappa shape index (κ2) is 8.58. The lowest BCUT2D eigenvalue weighted by atomic mass is 10.2. The van der Waals surface area contributed by atoms with Gasteiger partial charge in [0.25, 0.3) is 0 Å². The van der Waals surface area contributed by atoms with Crippen molar-refractivity contribution in [1.29, 1.82) is 0 Å². The predicted octanol–water partition coefficient (Wildman–Crippen LogP) is 0.514. The molecule has 0 heterocycles. The summed E-state index contributed by atoms with van der Waals surface area (Å²) in [6.07, 6.45) is -0.338.